The zero-order valence-electron chi connectivity index (χ0n) is 11.6. The first-order valence-electron chi connectivity index (χ1n) is 6.71. The van der Waals surface area contributed by atoms with E-state index in [-0.39, 0.29) is 12.7 Å². The third kappa shape index (κ3) is 6.03. The largest absolute Gasteiger partial charge is 0.491 e. The van der Waals surface area contributed by atoms with Crippen molar-refractivity contribution in [2.75, 3.05) is 6.61 Å². The molecule has 0 aromatic heterocycles. The Labute approximate surface area is 110 Å². The Kier molecular flexibility index (Phi) is 6.76. The topological polar surface area (TPSA) is 41.5 Å². The number of aliphatic hydroxyl groups excluding tert-OH is 1. The second-order valence-corrected chi connectivity index (χ2v) is 4.96. The number of hydrogen-bond donors (Lipinski definition) is 2. The van der Waals surface area contributed by atoms with Crippen molar-refractivity contribution in [1.29, 1.82) is 0 Å². The van der Waals surface area contributed by atoms with E-state index < -0.39 is 0 Å². The fourth-order valence-corrected chi connectivity index (χ4v) is 1.79. The van der Waals surface area contributed by atoms with Gasteiger partial charge < -0.3 is 15.2 Å². The zero-order chi connectivity index (χ0) is 13.4. The lowest BCUT2D eigenvalue weighted by molar-refractivity contribution is 0.242. The van der Waals surface area contributed by atoms with Crippen LogP contribution in [-0.4, -0.2) is 23.9 Å². The Hall–Kier alpha value is -1.06. The van der Waals surface area contributed by atoms with E-state index in [1.54, 1.807) is 0 Å². The average molecular weight is 251 g/mol. The monoisotopic (exact) mass is 251 g/mol. The summed E-state index contributed by atoms with van der Waals surface area (Å²) in [6, 6.07) is 8.60. The molecule has 0 aliphatic heterocycles. The third-order valence-corrected chi connectivity index (χ3v) is 2.72. The quantitative estimate of drug-likeness (QED) is 0.746. The molecule has 0 saturated carbocycles. The van der Waals surface area contributed by atoms with Crippen molar-refractivity contribution in [2.45, 2.75) is 52.3 Å². The van der Waals surface area contributed by atoms with Crippen molar-refractivity contribution in [1.82, 2.24) is 5.32 Å². The van der Waals surface area contributed by atoms with Crippen LogP contribution in [0.4, 0.5) is 0 Å². The first kappa shape index (κ1) is 15.0. The van der Waals surface area contributed by atoms with Crippen LogP contribution in [0.3, 0.4) is 0 Å². The van der Waals surface area contributed by atoms with Crippen LogP contribution in [0, 0.1) is 0 Å². The molecule has 0 amide bonds. The van der Waals surface area contributed by atoms with Crippen LogP contribution < -0.4 is 10.1 Å². The number of benzene rings is 1. The molecule has 3 heteroatoms. The zero-order valence-corrected chi connectivity index (χ0v) is 11.6. The van der Waals surface area contributed by atoms with Crippen molar-refractivity contribution in [3.05, 3.63) is 29.8 Å². The molecule has 1 rings (SSSR count). The van der Waals surface area contributed by atoms with Gasteiger partial charge in [-0.05, 0) is 51.3 Å². The van der Waals surface area contributed by atoms with E-state index in [0.717, 1.165) is 25.1 Å². The fraction of sp³-hybridized carbons (Fsp3) is 0.600. The molecule has 0 spiro atoms. The second kappa shape index (κ2) is 8.11. The second-order valence-electron chi connectivity index (χ2n) is 4.96. The number of hydrogen-bond acceptors (Lipinski definition) is 3. The molecule has 18 heavy (non-hydrogen) atoms. The van der Waals surface area contributed by atoms with Gasteiger partial charge in [-0.15, -0.1) is 0 Å². The molecule has 3 nitrogen and oxygen atoms in total. The Balaban J connectivity index is 2.42. The summed E-state index contributed by atoms with van der Waals surface area (Å²) in [5.41, 5.74) is 1.23. The van der Waals surface area contributed by atoms with Crippen LogP contribution in [0.2, 0.25) is 0 Å². The van der Waals surface area contributed by atoms with Gasteiger partial charge in [0.15, 0.2) is 0 Å². The molecule has 1 unspecified atom stereocenters. The lowest BCUT2D eigenvalue weighted by Gasteiger charge is -2.14. The number of aliphatic hydroxyl groups is 1. The van der Waals surface area contributed by atoms with Crippen LogP contribution in [0.25, 0.3) is 0 Å². The SMILES string of the molecule is CC(CCCO)NCc1cccc(OC(C)C)c1. The molecule has 1 aromatic rings. The molecule has 0 fully saturated rings. The summed E-state index contributed by atoms with van der Waals surface area (Å²) in [5.74, 6) is 0.923. The van der Waals surface area contributed by atoms with Gasteiger partial charge in [0.05, 0.1) is 6.10 Å². The van der Waals surface area contributed by atoms with Crippen LogP contribution in [-0.2, 0) is 6.54 Å². The van der Waals surface area contributed by atoms with Crippen LogP contribution in [0.15, 0.2) is 24.3 Å². The smallest absolute Gasteiger partial charge is 0.120 e. The van der Waals surface area contributed by atoms with Crippen molar-refractivity contribution in [2.24, 2.45) is 0 Å². The lowest BCUT2D eigenvalue weighted by atomic mass is 10.1. The Morgan fingerprint density at radius 3 is 2.72 bits per heavy atom. The first-order valence-corrected chi connectivity index (χ1v) is 6.71. The van der Waals surface area contributed by atoms with Crippen LogP contribution in [0.1, 0.15) is 39.2 Å². The van der Waals surface area contributed by atoms with Gasteiger partial charge >= 0.3 is 0 Å². The van der Waals surface area contributed by atoms with Crippen molar-refractivity contribution >= 4 is 0 Å². The highest BCUT2D eigenvalue weighted by atomic mass is 16.5. The van der Waals surface area contributed by atoms with Gasteiger partial charge in [0, 0.05) is 19.2 Å². The molecule has 0 aliphatic carbocycles. The molecule has 0 heterocycles. The van der Waals surface area contributed by atoms with E-state index in [1.165, 1.54) is 5.56 Å². The maximum absolute atomic E-state index is 8.78. The molecular weight excluding hydrogens is 226 g/mol. The van der Waals surface area contributed by atoms with Gasteiger partial charge in [0.25, 0.3) is 0 Å². The molecule has 0 aliphatic rings. The summed E-state index contributed by atoms with van der Waals surface area (Å²) < 4.78 is 5.67. The minimum absolute atomic E-state index is 0.205. The first-order chi connectivity index (χ1) is 8.61. The van der Waals surface area contributed by atoms with Crippen molar-refractivity contribution in [3.63, 3.8) is 0 Å². The van der Waals surface area contributed by atoms with E-state index >= 15 is 0 Å². The highest BCUT2D eigenvalue weighted by Gasteiger charge is 2.03. The Morgan fingerprint density at radius 2 is 2.06 bits per heavy atom. The van der Waals surface area contributed by atoms with Gasteiger partial charge in [-0.1, -0.05) is 12.1 Å². The molecule has 1 aromatic carbocycles. The lowest BCUT2D eigenvalue weighted by Crippen LogP contribution is -2.25. The Morgan fingerprint density at radius 1 is 1.28 bits per heavy atom. The molecule has 0 radical (unpaired) electrons. The summed E-state index contributed by atoms with van der Waals surface area (Å²) in [4.78, 5) is 0. The normalized spacial score (nSPS) is 12.7. The fourth-order valence-electron chi connectivity index (χ4n) is 1.79. The average Bonchev–Trinajstić information content (AvgIpc) is 2.33. The maximum Gasteiger partial charge on any atom is 0.120 e. The molecule has 2 N–H and O–H groups in total. The predicted octanol–water partition coefficient (Wildman–Crippen LogP) is 2.72. The summed E-state index contributed by atoms with van der Waals surface area (Å²) in [6.45, 7) is 7.31. The minimum Gasteiger partial charge on any atom is -0.491 e. The van der Waals surface area contributed by atoms with E-state index in [1.807, 2.05) is 26.0 Å². The maximum atomic E-state index is 8.78. The van der Waals surface area contributed by atoms with E-state index in [0.29, 0.717) is 6.04 Å². The van der Waals surface area contributed by atoms with Crippen molar-refractivity contribution < 1.29 is 9.84 Å². The van der Waals surface area contributed by atoms with Crippen LogP contribution >= 0.6 is 0 Å². The molecule has 102 valence electrons. The summed E-state index contributed by atoms with van der Waals surface area (Å²) in [6.07, 6.45) is 2.06. The van der Waals surface area contributed by atoms with Gasteiger partial charge in [-0.25, -0.2) is 0 Å². The number of ether oxygens (including phenoxy) is 1. The predicted molar refractivity (Wildman–Crippen MR) is 74.8 cm³/mol. The van der Waals surface area contributed by atoms with Gasteiger partial charge in [0.1, 0.15) is 5.75 Å². The van der Waals surface area contributed by atoms with Gasteiger partial charge in [-0.2, -0.15) is 0 Å². The van der Waals surface area contributed by atoms with Gasteiger partial charge in [0.2, 0.25) is 0 Å². The highest BCUT2D eigenvalue weighted by molar-refractivity contribution is 5.28. The van der Waals surface area contributed by atoms with Crippen molar-refractivity contribution in [3.8, 4) is 5.75 Å². The summed E-state index contributed by atoms with van der Waals surface area (Å²) in [5, 5.41) is 12.2. The van der Waals surface area contributed by atoms with Gasteiger partial charge in [-0.3, -0.25) is 0 Å². The summed E-state index contributed by atoms with van der Waals surface area (Å²) in [7, 11) is 0. The van der Waals surface area contributed by atoms with E-state index in [9.17, 15) is 0 Å². The molecule has 1 atom stereocenters. The molecule has 0 saturated heterocycles. The highest BCUT2D eigenvalue weighted by Crippen LogP contribution is 2.15. The summed E-state index contributed by atoms with van der Waals surface area (Å²) >= 11 is 0. The minimum atomic E-state index is 0.205. The van der Waals surface area contributed by atoms with Crippen LogP contribution in [0.5, 0.6) is 5.75 Å². The standard InChI is InChI=1S/C15H25NO2/c1-12(2)18-15-8-4-7-14(10-15)11-16-13(3)6-5-9-17/h4,7-8,10,12-13,16-17H,5-6,9,11H2,1-3H3. The number of rotatable bonds is 8. The number of nitrogens with one attached hydrogen (secondary N) is 1. The van der Waals surface area contributed by atoms with E-state index in [2.05, 4.69) is 24.4 Å². The molecular formula is C15H25NO2. The Bertz CT molecular complexity index is 339. The van der Waals surface area contributed by atoms with E-state index in [4.69, 9.17) is 9.84 Å². The molecule has 0 bridgehead atoms. The third-order valence-electron chi connectivity index (χ3n) is 2.72.